The molecule has 0 saturated heterocycles. The predicted molar refractivity (Wildman–Crippen MR) is 42.5 cm³/mol. The topological polar surface area (TPSA) is 76.3 Å². The second kappa shape index (κ2) is 3.70. The molecule has 5 nitrogen and oxygen atoms in total. The van der Waals surface area contributed by atoms with Gasteiger partial charge in [-0.3, -0.25) is 0 Å². The van der Waals surface area contributed by atoms with E-state index in [0.29, 0.717) is 6.07 Å². The second-order valence-corrected chi connectivity index (χ2v) is 2.63. The van der Waals surface area contributed by atoms with Gasteiger partial charge in [-0.2, -0.15) is 0 Å². The maximum absolute atomic E-state index is 12.1. The van der Waals surface area contributed by atoms with Gasteiger partial charge in [0.05, 0.1) is 5.56 Å². The molecule has 1 heterocycles. The van der Waals surface area contributed by atoms with E-state index in [0.717, 1.165) is 0 Å². The van der Waals surface area contributed by atoms with Crippen molar-refractivity contribution in [3.05, 3.63) is 26.9 Å². The highest BCUT2D eigenvalue weighted by atomic mass is 35.5. The number of nitro groups is 1. The van der Waals surface area contributed by atoms with Crippen LogP contribution in [0.2, 0.25) is 5.15 Å². The number of nitrogens with zero attached hydrogens (tertiary/aromatic N) is 2. The SMILES string of the molecule is O=[N+]([O-])c1nc(Cl)c(C(F)F)cc1O. The van der Waals surface area contributed by atoms with E-state index >= 15 is 0 Å². The van der Waals surface area contributed by atoms with Gasteiger partial charge in [0.25, 0.3) is 11.6 Å². The molecule has 14 heavy (non-hydrogen) atoms. The summed E-state index contributed by atoms with van der Waals surface area (Å²) in [7, 11) is 0. The smallest absolute Gasteiger partial charge is 0.407 e. The standard InChI is InChI=1S/C6H3ClF2N2O3/c7-4-2(5(8)9)1-3(12)6(10-4)11(13)14/h1,5,12H. The van der Waals surface area contributed by atoms with Crippen molar-refractivity contribution >= 4 is 17.4 Å². The molecule has 0 amide bonds. The lowest BCUT2D eigenvalue weighted by molar-refractivity contribution is -0.390. The Hall–Kier alpha value is -1.50. The quantitative estimate of drug-likeness (QED) is 0.475. The van der Waals surface area contributed by atoms with Gasteiger partial charge < -0.3 is 15.2 Å². The first-order valence-electron chi connectivity index (χ1n) is 3.25. The van der Waals surface area contributed by atoms with Gasteiger partial charge in [0.2, 0.25) is 5.75 Å². The zero-order chi connectivity index (χ0) is 10.9. The molecule has 8 heteroatoms. The average molecular weight is 225 g/mol. The van der Waals surface area contributed by atoms with Crippen LogP contribution in [0.15, 0.2) is 6.07 Å². The van der Waals surface area contributed by atoms with Gasteiger partial charge in [-0.15, -0.1) is 0 Å². The van der Waals surface area contributed by atoms with Crippen LogP contribution in [0.1, 0.15) is 12.0 Å². The Kier molecular flexibility index (Phi) is 2.80. The molecule has 0 spiro atoms. The maximum Gasteiger partial charge on any atom is 0.407 e. The minimum atomic E-state index is -2.94. The fraction of sp³-hybridized carbons (Fsp3) is 0.167. The Labute approximate surface area is 81.1 Å². The third-order valence-electron chi connectivity index (χ3n) is 1.37. The Balaban J connectivity index is 3.31. The van der Waals surface area contributed by atoms with Gasteiger partial charge in [0, 0.05) is 6.07 Å². The lowest BCUT2D eigenvalue weighted by atomic mass is 10.3. The predicted octanol–water partition coefficient (Wildman–Crippen LogP) is 2.29. The summed E-state index contributed by atoms with van der Waals surface area (Å²) in [6.45, 7) is 0. The fourth-order valence-corrected chi connectivity index (χ4v) is 0.991. The summed E-state index contributed by atoms with van der Waals surface area (Å²) in [5, 5.41) is 18.4. The van der Waals surface area contributed by atoms with Crippen LogP contribution in [0, 0.1) is 10.1 Å². The lowest BCUT2D eigenvalue weighted by Crippen LogP contribution is -1.96. The van der Waals surface area contributed by atoms with Crippen LogP contribution >= 0.6 is 11.6 Å². The Morgan fingerprint density at radius 3 is 2.64 bits per heavy atom. The Bertz CT molecular complexity index is 386. The Morgan fingerprint density at radius 1 is 1.64 bits per heavy atom. The van der Waals surface area contributed by atoms with E-state index in [1.807, 2.05) is 0 Å². The summed E-state index contributed by atoms with van der Waals surface area (Å²) in [6.07, 6.45) is -2.94. The summed E-state index contributed by atoms with van der Waals surface area (Å²) in [6, 6.07) is 0.526. The van der Waals surface area contributed by atoms with Crippen LogP contribution in [-0.4, -0.2) is 15.0 Å². The summed E-state index contributed by atoms with van der Waals surface area (Å²) < 4.78 is 24.3. The van der Waals surface area contributed by atoms with Gasteiger partial charge >= 0.3 is 5.82 Å². The number of rotatable bonds is 2. The van der Waals surface area contributed by atoms with E-state index in [-0.39, 0.29) is 0 Å². The molecule has 0 aliphatic rings. The van der Waals surface area contributed by atoms with Crippen LogP contribution in [0.25, 0.3) is 0 Å². The van der Waals surface area contributed by atoms with Gasteiger partial charge in [-0.1, -0.05) is 0 Å². The van der Waals surface area contributed by atoms with Crippen molar-refractivity contribution in [2.45, 2.75) is 6.43 Å². The highest BCUT2D eigenvalue weighted by Gasteiger charge is 2.24. The van der Waals surface area contributed by atoms with Crippen molar-refractivity contribution in [2.75, 3.05) is 0 Å². The summed E-state index contributed by atoms with van der Waals surface area (Å²) in [5.74, 6) is -1.88. The van der Waals surface area contributed by atoms with Crippen LogP contribution in [0.4, 0.5) is 14.6 Å². The van der Waals surface area contributed by atoms with Crippen molar-refractivity contribution in [3.63, 3.8) is 0 Å². The largest absolute Gasteiger partial charge is 0.501 e. The lowest BCUT2D eigenvalue weighted by Gasteiger charge is -2.00. The minimum Gasteiger partial charge on any atom is -0.501 e. The van der Waals surface area contributed by atoms with E-state index in [4.69, 9.17) is 16.7 Å². The van der Waals surface area contributed by atoms with Crippen molar-refractivity contribution in [3.8, 4) is 5.75 Å². The number of aromatic hydroxyl groups is 1. The monoisotopic (exact) mass is 224 g/mol. The van der Waals surface area contributed by atoms with E-state index in [1.165, 1.54) is 0 Å². The molecule has 0 bridgehead atoms. The second-order valence-electron chi connectivity index (χ2n) is 2.27. The van der Waals surface area contributed by atoms with Crippen molar-refractivity contribution in [2.24, 2.45) is 0 Å². The zero-order valence-corrected chi connectivity index (χ0v) is 7.20. The Morgan fingerprint density at radius 2 is 2.21 bits per heavy atom. The number of hydrogen-bond donors (Lipinski definition) is 1. The van der Waals surface area contributed by atoms with E-state index in [2.05, 4.69) is 4.98 Å². The molecule has 0 radical (unpaired) electrons. The average Bonchev–Trinajstić information content (AvgIpc) is 2.07. The molecule has 0 aromatic carbocycles. The number of aromatic nitrogens is 1. The van der Waals surface area contributed by atoms with Crippen LogP contribution in [-0.2, 0) is 0 Å². The van der Waals surface area contributed by atoms with E-state index in [9.17, 15) is 18.9 Å². The first-order chi connectivity index (χ1) is 6.43. The summed E-state index contributed by atoms with van der Waals surface area (Å²) in [4.78, 5) is 12.2. The maximum atomic E-state index is 12.1. The van der Waals surface area contributed by atoms with Gasteiger partial charge in [-0.25, -0.2) is 8.78 Å². The van der Waals surface area contributed by atoms with Gasteiger partial charge in [0.15, 0.2) is 0 Å². The molecule has 1 aromatic rings. The molecule has 0 fully saturated rings. The van der Waals surface area contributed by atoms with Crippen LogP contribution in [0.3, 0.4) is 0 Å². The molecule has 0 saturated carbocycles. The fourth-order valence-electron chi connectivity index (χ4n) is 0.774. The molecule has 0 atom stereocenters. The minimum absolute atomic E-state index is 0.526. The summed E-state index contributed by atoms with van der Waals surface area (Å²) in [5.41, 5.74) is -0.741. The van der Waals surface area contributed by atoms with Crippen LogP contribution in [0.5, 0.6) is 5.75 Å². The molecule has 1 N–H and O–H groups in total. The molecule has 76 valence electrons. The highest BCUT2D eigenvalue weighted by molar-refractivity contribution is 6.30. The van der Waals surface area contributed by atoms with Crippen LogP contribution < -0.4 is 0 Å². The third kappa shape index (κ3) is 1.87. The van der Waals surface area contributed by atoms with Crippen molar-refractivity contribution < 1.29 is 18.8 Å². The molecule has 0 aliphatic carbocycles. The number of alkyl halides is 2. The molecular weight excluding hydrogens is 222 g/mol. The zero-order valence-electron chi connectivity index (χ0n) is 6.45. The molecular formula is C6H3ClF2N2O3. The highest BCUT2D eigenvalue weighted by Crippen LogP contribution is 2.33. The first kappa shape index (κ1) is 10.6. The molecule has 1 aromatic heterocycles. The van der Waals surface area contributed by atoms with Gasteiger partial charge in [0.1, 0.15) is 0 Å². The molecule has 0 unspecified atom stereocenters. The van der Waals surface area contributed by atoms with E-state index in [1.54, 1.807) is 0 Å². The van der Waals surface area contributed by atoms with E-state index < -0.39 is 33.6 Å². The normalized spacial score (nSPS) is 10.6. The first-order valence-corrected chi connectivity index (χ1v) is 3.63. The molecule has 0 aliphatic heterocycles. The molecule has 1 rings (SSSR count). The van der Waals surface area contributed by atoms with Gasteiger partial charge in [-0.05, 0) is 21.5 Å². The number of halogens is 3. The number of pyridine rings is 1. The third-order valence-corrected chi connectivity index (χ3v) is 1.67. The summed E-state index contributed by atoms with van der Waals surface area (Å²) >= 11 is 5.23. The van der Waals surface area contributed by atoms with Crippen molar-refractivity contribution in [1.29, 1.82) is 0 Å². The number of hydrogen-bond acceptors (Lipinski definition) is 4. The van der Waals surface area contributed by atoms with Crippen molar-refractivity contribution in [1.82, 2.24) is 4.98 Å².